The number of para-hydroxylation sites is 2. The monoisotopic (exact) mass is 772 g/mol. The summed E-state index contributed by atoms with van der Waals surface area (Å²) in [5.41, 5.74) is 10.2. The molecule has 0 N–H and O–H groups in total. The SMILES string of the molecule is c1ccc(-c2nc(-c3ccccc3)nc(-c3cccc(-n4c5ccccc5c5c6nc(-c7ccccc7)n(-c7ccccc7)c6c6c7ccccc7sc6c54)c3)n2)cc1. The maximum Gasteiger partial charge on any atom is 0.164 e. The molecule has 6 nitrogen and oxygen atoms in total. The molecule has 0 aliphatic rings. The largest absolute Gasteiger partial charge is 0.308 e. The van der Waals surface area contributed by atoms with Crippen LogP contribution in [0.3, 0.4) is 0 Å². The molecule has 0 aliphatic heterocycles. The highest BCUT2D eigenvalue weighted by molar-refractivity contribution is 7.27. The molecule has 0 saturated heterocycles. The van der Waals surface area contributed by atoms with E-state index >= 15 is 0 Å². The number of aromatic nitrogens is 6. The van der Waals surface area contributed by atoms with Gasteiger partial charge in [-0.1, -0.05) is 158 Å². The van der Waals surface area contributed by atoms with E-state index < -0.39 is 0 Å². The number of hydrogen-bond donors (Lipinski definition) is 0. The molecular formula is C52H32N6S. The molecule has 8 aromatic carbocycles. The van der Waals surface area contributed by atoms with Crippen LogP contribution in [0.25, 0.3) is 110 Å². The zero-order valence-corrected chi connectivity index (χ0v) is 32.4. The smallest absolute Gasteiger partial charge is 0.164 e. The van der Waals surface area contributed by atoms with E-state index in [1.165, 1.54) is 20.2 Å². The summed E-state index contributed by atoms with van der Waals surface area (Å²) < 4.78 is 7.24. The van der Waals surface area contributed by atoms with E-state index in [-0.39, 0.29) is 0 Å². The Kier molecular flexibility index (Phi) is 7.61. The first kappa shape index (κ1) is 33.4. The number of benzene rings is 8. The minimum atomic E-state index is 0.615. The van der Waals surface area contributed by atoms with Crippen LogP contribution in [0.4, 0.5) is 0 Å². The normalized spacial score (nSPS) is 11.7. The molecular weight excluding hydrogens is 741 g/mol. The van der Waals surface area contributed by atoms with Gasteiger partial charge in [-0.3, -0.25) is 4.57 Å². The third kappa shape index (κ3) is 5.33. The minimum absolute atomic E-state index is 0.615. The molecule has 0 radical (unpaired) electrons. The average Bonchev–Trinajstić information content (AvgIpc) is 4.00. The Morgan fingerprint density at radius 1 is 0.373 bits per heavy atom. The first-order valence-electron chi connectivity index (χ1n) is 19.7. The van der Waals surface area contributed by atoms with Gasteiger partial charge >= 0.3 is 0 Å². The molecule has 4 heterocycles. The predicted molar refractivity (Wildman–Crippen MR) is 243 cm³/mol. The molecule has 59 heavy (non-hydrogen) atoms. The van der Waals surface area contributed by atoms with Gasteiger partial charge in [-0.2, -0.15) is 0 Å². The van der Waals surface area contributed by atoms with Crippen LogP contribution in [0.1, 0.15) is 0 Å². The molecule has 4 aromatic heterocycles. The third-order valence-corrected chi connectivity index (χ3v) is 12.3. The van der Waals surface area contributed by atoms with Gasteiger partial charge in [0.2, 0.25) is 0 Å². The van der Waals surface area contributed by atoms with Crippen molar-refractivity contribution in [1.29, 1.82) is 0 Å². The van der Waals surface area contributed by atoms with Crippen LogP contribution < -0.4 is 0 Å². The lowest BCUT2D eigenvalue weighted by Crippen LogP contribution is -2.01. The minimum Gasteiger partial charge on any atom is -0.308 e. The molecule has 12 rings (SSSR count). The van der Waals surface area contributed by atoms with Crippen molar-refractivity contribution in [3.8, 4) is 56.9 Å². The fourth-order valence-electron chi connectivity index (χ4n) is 8.57. The second-order valence-corrected chi connectivity index (χ2v) is 15.7. The molecule has 0 spiro atoms. The first-order chi connectivity index (χ1) is 29.3. The molecule has 12 aromatic rings. The summed E-state index contributed by atoms with van der Waals surface area (Å²) in [6.45, 7) is 0. The van der Waals surface area contributed by atoms with E-state index in [4.69, 9.17) is 19.9 Å². The van der Waals surface area contributed by atoms with Gasteiger partial charge in [0, 0.05) is 59.9 Å². The molecule has 0 fully saturated rings. The lowest BCUT2D eigenvalue weighted by Gasteiger charge is -2.13. The summed E-state index contributed by atoms with van der Waals surface area (Å²) >= 11 is 1.84. The van der Waals surface area contributed by atoms with E-state index in [1.54, 1.807) is 0 Å². The van der Waals surface area contributed by atoms with Crippen LogP contribution in [0.15, 0.2) is 194 Å². The van der Waals surface area contributed by atoms with Gasteiger partial charge < -0.3 is 4.57 Å². The van der Waals surface area contributed by atoms with Gasteiger partial charge in [-0.15, -0.1) is 11.3 Å². The summed E-state index contributed by atoms with van der Waals surface area (Å²) in [5.74, 6) is 2.79. The standard InChI is InChI=1S/C52H32N6S/c1-5-18-33(19-6-1)49-54-50(34-20-7-2-8-21-34)56-51(55-49)36-24-17-27-38(32-36)57-41-30-15-13-28-39(41)43-45-46(44-40-29-14-16-31-42(40)59-48(44)47(43)57)58(37-25-11-4-12-26-37)52(53-45)35-22-9-3-10-23-35/h1-32H. The van der Waals surface area contributed by atoms with Crippen LogP contribution in [0, 0.1) is 0 Å². The van der Waals surface area contributed by atoms with E-state index in [2.05, 4.69) is 143 Å². The number of hydrogen-bond acceptors (Lipinski definition) is 5. The maximum atomic E-state index is 5.65. The van der Waals surface area contributed by atoms with Crippen molar-refractivity contribution in [3.63, 3.8) is 0 Å². The van der Waals surface area contributed by atoms with Crippen molar-refractivity contribution in [2.75, 3.05) is 0 Å². The average molecular weight is 773 g/mol. The summed E-state index contributed by atoms with van der Waals surface area (Å²) in [7, 11) is 0. The molecule has 0 atom stereocenters. The third-order valence-electron chi connectivity index (χ3n) is 11.1. The summed E-state index contributed by atoms with van der Waals surface area (Å²) in [6, 6.07) is 67.6. The summed E-state index contributed by atoms with van der Waals surface area (Å²) in [4.78, 5) is 20.8. The van der Waals surface area contributed by atoms with Gasteiger partial charge in [0.1, 0.15) is 11.3 Å². The van der Waals surface area contributed by atoms with Crippen LogP contribution in [0.2, 0.25) is 0 Å². The summed E-state index contributed by atoms with van der Waals surface area (Å²) in [5, 5.41) is 4.69. The Morgan fingerprint density at radius 3 is 1.58 bits per heavy atom. The second-order valence-electron chi connectivity index (χ2n) is 14.6. The van der Waals surface area contributed by atoms with Gasteiger partial charge in [0.25, 0.3) is 0 Å². The molecule has 0 unspecified atom stereocenters. The Morgan fingerprint density at radius 2 is 0.898 bits per heavy atom. The quantitative estimate of drug-likeness (QED) is 0.169. The highest BCUT2D eigenvalue weighted by atomic mass is 32.1. The van der Waals surface area contributed by atoms with E-state index in [0.717, 1.165) is 72.3 Å². The van der Waals surface area contributed by atoms with Crippen molar-refractivity contribution in [2.45, 2.75) is 0 Å². The van der Waals surface area contributed by atoms with Crippen molar-refractivity contribution in [1.82, 2.24) is 29.1 Å². The molecule has 0 bridgehead atoms. The van der Waals surface area contributed by atoms with E-state index in [1.807, 2.05) is 72.0 Å². The van der Waals surface area contributed by atoms with Gasteiger partial charge in [0.15, 0.2) is 17.5 Å². The molecule has 0 amide bonds. The predicted octanol–water partition coefficient (Wildman–Crippen LogP) is 13.3. The lowest BCUT2D eigenvalue weighted by atomic mass is 10.1. The highest BCUT2D eigenvalue weighted by Crippen LogP contribution is 2.49. The first-order valence-corrected chi connectivity index (χ1v) is 20.5. The lowest BCUT2D eigenvalue weighted by molar-refractivity contribution is 1.07. The fourth-order valence-corrected chi connectivity index (χ4v) is 9.81. The maximum absolute atomic E-state index is 5.65. The Labute approximate surface area is 343 Å². The second kappa shape index (κ2) is 13.4. The van der Waals surface area contributed by atoms with E-state index in [0.29, 0.717) is 17.5 Å². The zero-order valence-electron chi connectivity index (χ0n) is 31.6. The molecule has 0 saturated carbocycles. The number of imidazole rings is 1. The van der Waals surface area contributed by atoms with Crippen molar-refractivity contribution in [2.24, 2.45) is 0 Å². The van der Waals surface area contributed by atoms with Crippen molar-refractivity contribution < 1.29 is 0 Å². The fraction of sp³-hybridized carbons (Fsp3) is 0. The number of rotatable bonds is 6. The van der Waals surface area contributed by atoms with Gasteiger partial charge in [0.05, 0.1) is 21.3 Å². The van der Waals surface area contributed by atoms with E-state index in [9.17, 15) is 0 Å². The summed E-state index contributed by atoms with van der Waals surface area (Å²) in [6.07, 6.45) is 0. The number of nitrogens with zero attached hydrogens (tertiary/aromatic N) is 6. The van der Waals surface area contributed by atoms with Crippen molar-refractivity contribution >= 4 is 64.3 Å². The molecule has 7 heteroatoms. The number of fused-ring (bicyclic) bond motifs is 10. The molecule has 0 aliphatic carbocycles. The Balaban J connectivity index is 1.19. The highest BCUT2D eigenvalue weighted by Gasteiger charge is 2.27. The van der Waals surface area contributed by atoms with Crippen LogP contribution in [-0.4, -0.2) is 29.1 Å². The number of thiophene rings is 1. The van der Waals surface area contributed by atoms with Crippen LogP contribution >= 0.6 is 11.3 Å². The van der Waals surface area contributed by atoms with Crippen LogP contribution in [-0.2, 0) is 0 Å². The zero-order chi connectivity index (χ0) is 38.9. The van der Waals surface area contributed by atoms with Gasteiger partial charge in [-0.05, 0) is 36.4 Å². The Hall–Kier alpha value is -7.74. The topological polar surface area (TPSA) is 61.4 Å². The van der Waals surface area contributed by atoms with Gasteiger partial charge in [-0.25, -0.2) is 19.9 Å². The van der Waals surface area contributed by atoms with Crippen LogP contribution in [0.5, 0.6) is 0 Å². The van der Waals surface area contributed by atoms with Crippen molar-refractivity contribution in [3.05, 3.63) is 194 Å². The Bertz CT molecular complexity index is 3480. The molecule has 276 valence electrons.